The van der Waals surface area contributed by atoms with Gasteiger partial charge in [0.05, 0.1) is 27.1 Å². The van der Waals surface area contributed by atoms with E-state index in [0.717, 1.165) is 33.7 Å². The molecule has 0 spiro atoms. The lowest BCUT2D eigenvalue weighted by Crippen LogP contribution is -2.02. The first-order valence-electron chi connectivity index (χ1n) is 6.51. The van der Waals surface area contributed by atoms with Crippen LogP contribution < -0.4 is 0 Å². The average molecular weight is 368 g/mol. The van der Waals surface area contributed by atoms with E-state index in [0.29, 0.717) is 10.4 Å². The molecule has 0 aliphatic heterocycles. The van der Waals surface area contributed by atoms with Gasteiger partial charge in [-0.2, -0.15) is 0 Å². The summed E-state index contributed by atoms with van der Waals surface area (Å²) in [4.78, 5) is 4.58. The maximum atomic E-state index is 13.7. The molecule has 21 heavy (non-hydrogen) atoms. The number of benzene rings is 2. The Morgan fingerprint density at radius 2 is 2.00 bits per heavy atom. The van der Waals surface area contributed by atoms with E-state index in [1.807, 2.05) is 36.6 Å². The lowest BCUT2D eigenvalue weighted by atomic mass is 10.1. The molecule has 0 bridgehead atoms. The predicted octanol–water partition coefficient (Wildman–Crippen LogP) is 5.28. The molecule has 108 valence electrons. The highest BCUT2D eigenvalue weighted by molar-refractivity contribution is 9.10. The summed E-state index contributed by atoms with van der Waals surface area (Å²) in [6, 6.07) is 9.35. The topological polar surface area (TPSA) is 17.8 Å². The summed E-state index contributed by atoms with van der Waals surface area (Å²) in [6.45, 7) is 3.90. The van der Waals surface area contributed by atoms with E-state index in [9.17, 15) is 4.39 Å². The molecule has 1 aromatic heterocycles. The Kier molecular flexibility index (Phi) is 3.76. The minimum atomic E-state index is -0.274. The van der Waals surface area contributed by atoms with E-state index in [4.69, 9.17) is 11.6 Å². The van der Waals surface area contributed by atoms with Gasteiger partial charge in [0.15, 0.2) is 0 Å². The summed E-state index contributed by atoms with van der Waals surface area (Å²) >= 11 is 9.29. The van der Waals surface area contributed by atoms with Crippen molar-refractivity contribution in [2.75, 3.05) is 0 Å². The Morgan fingerprint density at radius 1 is 1.24 bits per heavy atom. The van der Waals surface area contributed by atoms with Crippen molar-refractivity contribution in [1.29, 1.82) is 0 Å². The zero-order chi connectivity index (χ0) is 15.1. The maximum Gasteiger partial charge on any atom is 0.137 e. The van der Waals surface area contributed by atoms with Crippen molar-refractivity contribution in [2.24, 2.45) is 0 Å². The monoisotopic (exact) mass is 366 g/mol. The SMILES string of the molecule is Cc1ccc2c(c1)nc(CCl)n2-c1cc(Br)c(F)cc1C. The first kappa shape index (κ1) is 14.5. The molecule has 0 saturated heterocycles. The van der Waals surface area contributed by atoms with Gasteiger partial charge in [0.2, 0.25) is 0 Å². The third kappa shape index (κ3) is 2.47. The minimum absolute atomic E-state index is 0.274. The molecule has 0 aliphatic rings. The van der Waals surface area contributed by atoms with Crippen LogP contribution in [-0.2, 0) is 5.88 Å². The lowest BCUT2D eigenvalue weighted by Gasteiger charge is -2.12. The van der Waals surface area contributed by atoms with Gasteiger partial charge in [0, 0.05) is 0 Å². The second kappa shape index (κ2) is 5.43. The number of rotatable bonds is 2. The van der Waals surface area contributed by atoms with Crippen LogP contribution in [0.15, 0.2) is 34.8 Å². The molecule has 2 nitrogen and oxygen atoms in total. The van der Waals surface area contributed by atoms with E-state index in [-0.39, 0.29) is 5.82 Å². The van der Waals surface area contributed by atoms with Crippen molar-refractivity contribution in [1.82, 2.24) is 9.55 Å². The molecule has 0 radical (unpaired) electrons. The molecule has 0 aliphatic carbocycles. The Bertz CT molecular complexity index is 842. The molecule has 0 amide bonds. The van der Waals surface area contributed by atoms with Crippen LogP contribution in [0.3, 0.4) is 0 Å². The van der Waals surface area contributed by atoms with E-state index in [2.05, 4.69) is 20.9 Å². The number of fused-ring (bicyclic) bond motifs is 1. The van der Waals surface area contributed by atoms with Crippen molar-refractivity contribution in [2.45, 2.75) is 19.7 Å². The van der Waals surface area contributed by atoms with Gasteiger partial charge in [-0.15, -0.1) is 11.6 Å². The molecule has 0 saturated carbocycles. The highest BCUT2D eigenvalue weighted by Crippen LogP contribution is 2.29. The zero-order valence-corrected chi connectivity index (χ0v) is 14.0. The van der Waals surface area contributed by atoms with Gasteiger partial charge in [0.25, 0.3) is 0 Å². The number of hydrogen-bond acceptors (Lipinski definition) is 1. The van der Waals surface area contributed by atoms with Gasteiger partial charge in [-0.25, -0.2) is 9.37 Å². The van der Waals surface area contributed by atoms with Crippen LogP contribution in [0.1, 0.15) is 17.0 Å². The van der Waals surface area contributed by atoms with Crippen LogP contribution in [-0.4, -0.2) is 9.55 Å². The molecular weight excluding hydrogens is 355 g/mol. The lowest BCUT2D eigenvalue weighted by molar-refractivity contribution is 0.619. The van der Waals surface area contributed by atoms with Gasteiger partial charge in [-0.05, 0) is 65.2 Å². The summed E-state index contributed by atoms with van der Waals surface area (Å²) in [7, 11) is 0. The average Bonchev–Trinajstić information content (AvgIpc) is 2.80. The molecule has 3 rings (SSSR count). The van der Waals surface area contributed by atoms with Crippen LogP contribution in [0.5, 0.6) is 0 Å². The van der Waals surface area contributed by atoms with Crippen LogP contribution >= 0.6 is 27.5 Å². The molecule has 5 heteroatoms. The van der Waals surface area contributed by atoms with E-state index >= 15 is 0 Å². The van der Waals surface area contributed by atoms with Crippen molar-refractivity contribution in [3.8, 4) is 5.69 Å². The van der Waals surface area contributed by atoms with Crippen LogP contribution in [0.2, 0.25) is 0 Å². The normalized spacial score (nSPS) is 11.3. The number of aromatic nitrogens is 2. The smallest absolute Gasteiger partial charge is 0.137 e. The molecule has 0 fully saturated rings. The molecule has 1 heterocycles. The Morgan fingerprint density at radius 3 is 2.71 bits per heavy atom. The molecule has 0 atom stereocenters. The van der Waals surface area contributed by atoms with Crippen molar-refractivity contribution in [3.05, 3.63) is 57.6 Å². The van der Waals surface area contributed by atoms with Crippen LogP contribution in [0, 0.1) is 19.7 Å². The van der Waals surface area contributed by atoms with E-state index in [1.165, 1.54) is 6.07 Å². The van der Waals surface area contributed by atoms with E-state index in [1.54, 1.807) is 6.07 Å². The summed E-state index contributed by atoms with van der Waals surface area (Å²) in [5.74, 6) is 0.769. The number of aryl methyl sites for hydroxylation is 2. The summed E-state index contributed by atoms with van der Waals surface area (Å²) in [5, 5.41) is 0. The Labute approximate surface area is 135 Å². The number of imidazole rings is 1. The van der Waals surface area contributed by atoms with Gasteiger partial charge in [-0.3, -0.25) is 4.57 Å². The fourth-order valence-corrected chi connectivity index (χ4v) is 2.99. The minimum Gasteiger partial charge on any atom is -0.295 e. The first-order chi connectivity index (χ1) is 10.0. The molecular formula is C16H13BrClFN2. The van der Waals surface area contributed by atoms with Crippen molar-refractivity contribution in [3.63, 3.8) is 0 Å². The largest absolute Gasteiger partial charge is 0.295 e. The second-order valence-electron chi connectivity index (χ2n) is 5.04. The standard InChI is InChI=1S/C16H13BrClFN2/c1-9-3-4-14-13(5-9)20-16(8-18)21(14)15-7-11(17)12(19)6-10(15)2/h3-7H,8H2,1-2H3. The summed E-state index contributed by atoms with van der Waals surface area (Å²) in [5.41, 5.74) is 4.72. The van der Waals surface area contributed by atoms with Crippen molar-refractivity contribution < 1.29 is 4.39 Å². The highest BCUT2D eigenvalue weighted by Gasteiger charge is 2.15. The zero-order valence-electron chi connectivity index (χ0n) is 11.6. The third-order valence-corrected chi connectivity index (χ3v) is 4.33. The number of hydrogen-bond donors (Lipinski definition) is 0. The van der Waals surface area contributed by atoms with E-state index < -0.39 is 0 Å². The summed E-state index contributed by atoms with van der Waals surface area (Å²) < 4.78 is 16.1. The molecule has 2 aromatic carbocycles. The molecule has 0 unspecified atom stereocenters. The van der Waals surface area contributed by atoms with Gasteiger partial charge < -0.3 is 0 Å². The van der Waals surface area contributed by atoms with Crippen LogP contribution in [0.25, 0.3) is 16.7 Å². The number of halogens is 3. The number of nitrogens with zero attached hydrogens (tertiary/aromatic N) is 2. The summed E-state index contributed by atoms with van der Waals surface area (Å²) in [6.07, 6.45) is 0. The Balaban J connectivity index is 2.36. The van der Waals surface area contributed by atoms with Crippen LogP contribution in [0.4, 0.5) is 4.39 Å². The quantitative estimate of drug-likeness (QED) is 0.563. The Hall–Kier alpha value is -1.39. The fraction of sp³-hybridized carbons (Fsp3) is 0.188. The maximum absolute atomic E-state index is 13.7. The molecule has 3 aromatic rings. The van der Waals surface area contributed by atoms with Gasteiger partial charge in [0.1, 0.15) is 11.6 Å². The molecule has 0 N–H and O–H groups in total. The first-order valence-corrected chi connectivity index (χ1v) is 7.84. The third-order valence-electron chi connectivity index (χ3n) is 3.48. The van der Waals surface area contributed by atoms with Gasteiger partial charge in [-0.1, -0.05) is 6.07 Å². The van der Waals surface area contributed by atoms with Gasteiger partial charge >= 0.3 is 0 Å². The predicted molar refractivity (Wildman–Crippen MR) is 87.8 cm³/mol. The van der Waals surface area contributed by atoms with Crippen molar-refractivity contribution >= 4 is 38.6 Å². The highest BCUT2D eigenvalue weighted by atomic mass is 79.9. The fourth-order valence-electron chi connectivity index (χ4n) is 2.48. The second-order valence-corrected chi connectivity index (χ2v) is 6.16. The number of alkyl halides is 1.